The van der Waals surface area contributed by atoms with E-state index in [0.29, 0.717) is 0 Å². The number of hydrogen-bond donors (Lipinski definition) is 1. The van der Waals surface area contributed by atoms with E-state index in [9.17, 15) is 47.9 Å². The van der Waals surface area contributed by atoms with Gasteiger partial charge in [-0.2, -0.15) is 39.5 Å². The summed E-state index contributed by atoms with van der Waals surface area (Å²) in [7, 11) is -9.73. The molecule has 0 heterocycles. The largest absolute Gasteiger partial charge is 0.460 e. The van der Waals surface area contributed by atoms with Gasteiger partial charge in [0.05, 0.1) is 0 Å². The second-order valence-corrected chi connectivity index (χ2v) is 11.9. The quantitative estimate of drug-likeness (QED) is 0.596. The van der Waals surface area contributed by atoms with Crippen LogP contribution in [-0.2, 0) is 10.0 Å². The Labute approximate surface area is 114 Å². The average molecular weight is 371 g/mol. The molecule has 0 aromatic rings. The molecule has 0 rings (SSSR count). The lowest BCUT2D eigenvalue weighted by molar-refractivity contribution is -0.382. The minimum atomic E-state index is -7.24. The number of nitrogens with one attached hydrogen (secondary N) is 1. The Bertz CT molecular complexity index is 493. The fourth-order valence-corrected chi connectivity index (χ4v) is 5.20. The molecule has 0 aliphatic carbocycles. The Morgan fingerprint density at radius 3 is 1.33 bits per heavy atom. The van der Waals surface area contributed by atoms with Crippen LogP contribution in [0.25, 0.3) is 0 Å². The molecule has 0 amide bonds. The van der Waals surface area contributed by atoms with Crippen LogP contribution in [0.5, 0.6) is 0 Å². The van der Waals surface area contributed by atoms with Crippen molar-refractivity contribution < 1.29 is 47.9 Å². The molecule has 0 saturated carbocycles. The lowest BCUT2D eigenvalue weighted by atomic mass is 10.1. The molecule has 0 aromatic carbocycles. The van der Waals surface area contributed by atoms with Gasteiger partial charge in [-0.25, -0.2) is 12.8 Å². The van der Waals surface area contributed by atoms with Gasteiger partial charge in [-0.15, -0.1) is 0 Å². The minimum Gasteiger partial charge on any atom is -0.232 e. The summed E-state index contributed by atoms with van der Waals surface area (Å²) < 4.78 is 136. The molecular weight excluding hydrogens is 361 g/mol. The monoisotopic (exact) mass is 371 g/mol. The smallest absolute Gasteiger partial charge is 0.232 e. The van der Waals surface area contributed by atoms with Crippen molar-refractivity contribution in [3.05, 3.63) is 0 Å². The molecule has 0 spiro atoms. The van der Waals surface area contributed by atoms with Crippen molar-refractivity contribution in [1.82, 2.24) is 4.39 Å². The predicted molar refractivity (Wildman–Crippen MR) is 56.3 cm³/mol. The van der Waals surface area contributed by atoms with Crippen molar-refractivity contribution in [3.8, 4) is 0 Å². The molecule has 0 atom stereocenters. The Hall–Kier alpha value is -0.503. The van der Waals surface area contributed by atoms with E-state index in [1.54, 1.807) is 0 Å². The molecule has 0 bridgehead atoms. The summed E-state index contributed by atoms with van der Waals surface area (Å²) in [4.78, 5) is 0. The van der Waals surface area contributed by atoms with E-state index in [2.05, 4.69) is 0 Å². The first-order chi connectivity index (χ1) is 8.71. The summed E-state index contributed by atoms with van der Waals surface area (Å²) in [6, 6.07) is 0. The average Bonchev–Trinajstić information content (AvgIpc) is 2.10. The van der Waals surface area contributed by atoms with Gasteiger partial charge in [0, 0.05) is 0 Å². The Balaban J connectivity index is 6.02. The predicted octanol–water partition coefficient (Wildman–Crippen LogP) is 3.17. The first-order valence-electron chi connectivity index (χ1n) is 4.94. The maximum absolute atomic E-state index is 13.2. The van der Waals surface area contributed by atoms with Crippen molar-refractivity contribution in [2.75, 3.05) is 0 Å². The van der Waals surface area contributed by atoms with Crippen molar-refractivity contribution in [1.29, 1.82) is 0 Å². The highest BCUT2D eigenvalue weighted by molar-refractivity contribution is 7.92. The minimum absolute atomic E-state index is 1.03. The van der Waals surface area contributed by atoms with Gasteiger partial charge < -0.3 is 0 Å². The van der Waals surface area contributed by atoms with Crippen molar-refractivity contribution in [2.45, 2.75) is 42.9 Å². The Morgan fingerprint density at radius 2 is 1.10 bits per heavy atom. The van der Waals surface area contributed by atoms with E-state index in [1.807, 2.05) is 0 Å². The number of alkyl halides is 9. The van der Waals surface area contributed by atoms with Gasteiger partial charge in [0.2, 0.25) is 0 Å². The zero-order chi connectivity index (χ0) is 17.7. The van der Waals surface area contributed by atoms with Crippen LogP contribution in [0.1, 0.15) is 0 Å². The topological polar surface area (TPSA) is 46.2 Å². The highest BCUT2D eigenvalue weighted by atomic mass is 32.2. The molecule has 14 heteroatoms. The number of rotatable bonds is 5. The Kier molecular flexibility index (Phi) is 4.89. The fraction of sp³-hybridized carbons (Fsp3) is 1.00. The highest BCUT2D eigenvalue weighted by Crippen LogP contribution is 2.54. The molecule has 128 valence electrons. The van der Waals surface area contributed by atoms with Gasteiger partial charge in [0.25, 0.3) is 10.0 Å². The molecular formula is C7H10F9NO2SSi. The van der Waals surface area contributed by atoms with Gasteiger partial charge in [-0.3, -0.25) is 0 Å². The van der Waals surface area contributed by atoms with Crippen LogP contribution in [0.4, 0.5) is 39.5 Å². The number of sulfonamides is 1. The number of halogens is 9. The molecule has 0 radical (unpaired) electrons. The van der Waals surface area contributed by atoms with Gasteiger partial charge in [-0.05, 0) is 0 Å². The normalized spacial score (nSPS) is 16.2. The van der Waals surface area contributed by atoms with Crippen LogP contribution in [-0.4, -0.2) is 39.9 Å². The van der Waals surface area contributed by atoms with E-state index in [4.69, 9.17) is 0 Å². The van der Waals surface area contributed by atoms with Crippen molar-refractivity contribution in [2.24, 2.45) is 0 Å². The van der Waals surface area contributed by atoms with E-state index in [0.717, 1.165) is 24.0 Å². The van der Waals surface area contributed by atoms with Crippen LogP contribution in [0, 0.1) is 0 Å². The zero-order valence-electron chi connectivity index (χ0n) is 10.6. The van der Waals surface area contributed by atoms with Crippen LogP contribution >= 0.6 is 0 Å². The lowest BCUT2D eigenvalue weighted by Gasteiger charge is -2.34. The van der Waals surface area contributed by atoms with Crippen LogP contribution in [0.15, 0.2) is 0 Å². The van der Waals surface area contributed by atoms with Crippen molar-refractivity contribution >= 4 is 18.3 Å². The van der Waals surface area contributed by atoms with Crippen molar-refractivity contribution in [3.63, 3.8) is 0 Å². The van der Waals surface area contributed by atoms with Crippen LogP contribution in [0.3, 0.4) is 0 Å². The third-order valence-electron chi connectivity index (χ3n) is 1.89. The van der Waals surface area contributed by atoms with Crippen LogP contribution in [0.2, 0.25) is 19.6 Å². The molecule has 3 nitrogen and oxygen atoms in total. The third kappa shape index (κ3) is 3.47. The molecule has 0 unspecified atom stereocenters. The second-order valence-electron chi connectivity index (χ2n) is 5.02. The summed E-state index contributed by atoms with van der Waals surface area (Å²) in [6.45, 7) is 3.09. The maximum atomic E-state index is 13.2. The summed E-state index contributed by atoms with van der Waals surface area (Å²) in [6.07, 6.45) is -7.06. The van der Waals surface area contributed by atoms with E-state index >= 15 is 0 Å². The van der Waals surface area contributed by atoms with Crippen LogP contribution < -0.4 is 4.39 Å². The molecule has 0 aromatic heterocycles. The number of hydrogen-bond acceptors (Lipinski definition) is 2. The summed E-state index contributed by atoms with van der Waals surface area (Å²) in [5, 5.41) is -6.67. The maximum Gasteiger partial charge on any atom is 0.460 e. The van der Waals surface area contributed by atoms with E-state index in [-0.39, 0.29) is 0 Å². The highest BCUT2D eigenvalue weighted by Gasteiger charge is 2.85. The zero-order valence-corrected chi connectivity index (χ0v) is 12.4. The van der Waals surface area contributed by atoms with Gasteiger partial charge in [0.1, 0.15) is 8.24 Å². The second kappa shape index (κ2) is 5.01. The first kappa shape index (κ1) is 20.5. The first-order valence-corrected chi connectivity index (χ1v) is 9.93. The van der Waals surface area contributed by atoms with E-state index in [1.165, 1.54) is 0 Å². The molecule has 21 heavy (non-hydrogen) atoms. The van der Waals surface area contributed by atoms with E-state index < -0.39 is 41.5 Å². The Morgan fingerprint density at radius 1 is 0.762 bits per heavy atom. The molecule has 0 aliphatic rings. The summed E-state index contributed by atoms with van der Waals surface area (Å²) in [5.74, 6) is -14.4. The molecule has 0 saturated heterocycles. The van der Waals surface area contributed by atoms with Gasteiger partial charge in [-0.1, -0.05) is 19.6 Å². The van der Waals surface area contributed by atoms with Gasteiger partial charge in [0.15, 0.2) is 0 Å². The lowest BCUT2D eigenvalue weighted by Crippen LogP contribution is -2.66. The third-order valence-corrected chi connectivity index (χ3v) is 6.35. The molecule has 1 N–H and O–H groups in total. The summed E-state index contributed by atoms with van der Waals surface area (Å²) in [5.41, 5.74) is 0. The molecule has 0 aliphatic heterocycles. The van der Waals surface area contributed by atoms with Gasteiger partial charge >= 0.3 is 23.3 Å². The summed E-state index contributed by atoms with van der Waals surface area (Å²) >= 11 is 0. The SMILES string of the molecule is C[Si](C)(C)NS(=O)(=O)C(F)(F)C(F)(F)C(F)(F)C(F)(F)F. The molecule has 0 fully saturated rings. The fourth-order valence-electron chi connectivity index (χ4n) is 0.997. The standard InChI is InChI=1S/C7H10F9NO2SSi/c1-21(2,3)17-20(18,19)7(15,16)5(10,11)4(8,9)6(12,13)14/h17H,1-3H3.